The van der Waals surface area contributed by atoms with E-state index in [2.05, 4.69) is 17.2 Å². The highest BCUT2D eigenvalue weighted by Crippen LogP contribution is 1.99. The fraction of sp³-hybridized carbons (Fsp3) is 0.625. The number of allylic oxidation sites excluding steroid dienone is 2. The standard InChI is InChI=1S/C16H29N3O2/c1-3-4-5-8-11-21-12-9-6-7-10-15(2)13-18-16(17)19-14-20/h6-7,9-10,14-15H,3-5,8,11-13H2,1-2H3,(H3,17,18,19,20)/b9-6-,10-7-. The van der Waals surface area contributed by atoms with Crippen molar-refractivity contribution in [2.24, 2.45) is 16.6 Å². The molecule has 0 spiro atoms. The van der Waals surface area contributed by atoms with E-state index in [1.165, 1.54) is 19.3 Å². The zero-order valence-corrected chi connectivity index (χ0v) is 13.3. The summed E-state index contributed by atoms with van der Waals surface area (Å²) in [6, 6.07) is 0. The minimum atomic E-state index is 0.150. The van der Waals surface area contributed by atoms with Gasteiger partial charge in [0.1, 0.15) is 0 Å². The number of amides is 1. The SMILES string of the molecule is CCCCCCOC/C=C\C=C/C(C)CN=C(N)NC=O. The van der Waals surface area contributed by atoms with Gasteiger partial charge in [0.2, 0.25) is 6.41 Å². The molecule has 0 aromatic carbocycles. The lowest BCUT2D eigenvalue weighted by atomic mass is 10.1. The minimum absolute atomic E-state index is 0.150. The van der Waals surface area contributed by atoms with Crippen molar-refractivity contribution in [1.29, 1.82) is 0 Å². The number of rotatable bonds is 12. The van der Waals surface area contributed by atoms with Gasteiger partial charge < -0.3 is 10.5 Å². The van der Waals surface area contributed by atoms with Crippen molar-refractivity contribution >= 4 is 12.4 Å². The summed E-state index contributed by atoms with van der Waals surface area (Å²) in [7, 11) is 0. The van der Waals surface area contributed by atoms with Gasteiger partial charge >= 0.3 is 0 Å². The number of carbonyl (C=O) groups excluding carboxylic acids is 1. The van der Waals surface area contributed by atoms with Crippen molar-refractivity contribution in [3.8, 4) is 0 Å². The van der Waals surface area contributed by atoms with Crippen LogP contribution < -0.4 is 11.1 Å². The average Bonchev–Trinajstić information content (AvgIpc) is 2.47. The van der Waals surface area contributed by atoms with Crippen LogP contribution >= 0.6 is 0 Å². The van der Waals surface area contributed by atoms with Gasteiger partial charge in [0.15, 0.2) is 5.96 Å². The predicted octanol–water partition coefficient (Wildman–Crippen LogP) is 2.39. The number of carbonyl (C=O) groups is 1. The Morgan fingerprint density at radius 2 is 2.14 bits per heavy atom. The molecule has 0 aliphatic rings. The molecule has 0 aromatic rings. The quantitative estimate of drug-likeness (QED) is 0.191. The van der Waals surface area contributed by atoms with E-state index in [-0.39, 0.29) is 11.9 Å². The van der Waals surface area contributed by atoms with Crippen molar-refractivity contribution in [1.82, 2.24) is 5.32 Å². The van der Waals surface area contributed by atoms with Crippen LogP contribution in [0.4, 0.5) is 0 Å². The van der Waals surface area contributed by atoms with Crippen LogP contribution in [0.1, 0.15) is 39.5 Å². The molecule has 3 N–H and O–H groups in total. The molecule has 0 aliphatic carbocycles. The number of ether oxygens (including phenoxy) is 1. The van der Waals surface area contributed by atoms with Crippen LogP contribution in [0.2, 0.25) is 0 Å². The molecule has 0 saturated heterocycles. The van der Waals surface area contributed by atoms with Gasteiger partial charge in [-0.15, -0.1) is 0 Å². The Kier molecular flexibility index (Phi) is 13.6. The Morgan fingerprint density at radius 3 is 2.86 bits per heavy atom. The fourth-order valence-corrected chi connectivity index (χ4v) is 1.58. The largest absolute Gasteiger partial charge is 0.377 e. The number of hydrogen-bond acceptors (Lipinski definition) is 3. The number of nitrogens with one attached hydrogen (secondary N) is 1. The van der Waals surface area contributed by atoms with E-state index in [0.717, 1.165) is 13.0 Å². The number of nitrogens with zero attached hydrogens (tertiary/aromatic N) is 1. The lowest BCUT2D eigenvalue weighted by Crippen LogP contribution is -2.30. The van der Waals surface area contributed by atoms with Gasteiger partial charge in [-0.05, 0) is 12.3 Å². The second-order valence-electron chi connectivity index (χ2n) is 4.91. The zero-order chi connectivity index (χ0) is 15.8. The van der Waals surface area contributed by atoms with Gasteiger partial charge in [0.25, 0.3) is 0 Å². The summed E-state index contributed by atoms with van der Waals surface area (Å²) >= 11 is 0. The van der Waals surface area contributed by atoms with Crippen molar-refractivity contribution in [2.45, 2.75) is 39.5 Å². The summed E-state index contributed by atoms with van der Waals surface area (Å²) < 4.78 is 5.49. The molecule has 1 atom stereocenters. The maximum atomic E-state index is 10.1. The lowest BCUT2D eigenvalue weighted by molar-refractivity contribution is -0.108. The fourth-order valence-electron chi connectivity index (χ4n) is 1.58. The summed E-state index contributed by atoms with van der Waals surface area (Å²) in [5, 5.41) is 2.30. The van der Waals surface area contributed by atoms with Gasteiger partial charge in [-0.2, -0.15) is 0 Å². The summed E-state index contributed by atoms with van der Waals surface area (Å²) in [5.74, 6) is 0.411. The highest BCUT2D eigenvalue weighted by molar-refractivity contribution is 5.87. The predicted molar refractivity (Wildman–Crippen MR) is 88.1 cm³/mol. The number of unbranched alkanes of at least 4 members (excludes halogenated alkanes) is 3. The van der Waals surface area contributed by atoms with Crippen LogP contribution in [0.25, 0.3) is 0 Å². The number of hydrogen-bond donors (Lipinski definition) is 2. The van der Waals surface area contributed by atoms with E-state index < -0.39 is 0 Å². The molecule has 0 saturated carbocycles. The molecule has 5 heteroatoms. The van der Waals surface area contributed by atoms with E-state index in [1.807, 2.05) is 31.2 Å². The molecule has 0 aromatic heterocycles. The molecule has 0 fully saturated rings. The lowest BCUT2D eigenvalue weighted by Gasteiger charge is -2.02. The Bertz CT molecular complexity index is 338. The third-order valence-corrected chi connectivity index (χ3v) is 2.80. The van der Waals surface area contributed by atoms with Gasteiger partial charge in [0.05, 0.1) is 6.61 Å². The third-order valence-electron chi connectivity index (χ3n) is 2.80. The summed E-state index contributed by atoms with van der Waals surface area (Å²) in [4.78, 5) is 14.2. The number of guanidine groups is 1. The molecule has 1 unspecified atom stereocenters. The summed E-state index contributed by atoms with van der Waals surface area (Å²) in [6.07, 6.45) is 13.4. The molecule has 0 bridgehead atoms. The van der Waals surface area contributed by atoms with Crippen LogP contribution in [-0.2, 0) is 9.53 Å². The molecular formula is C16H29N3O2. The molecule has 21 heavy (non-hydrogen) atoms. The maximum absolute atomic E-state index is 10.1. The van der Waals surface area contributed by atoms with Crippen LogP contribution in [0.15, 0.2) is 29.3 Å². The molecule has 120 valence electrons. The minimum Gasteiger partial charge on any atom is -0.377 e. The monoisotopic (exact) mass is 295 g/mol. The number of nitrogens with two attached hydrogens (primary N) is 1. The summed E-state index contributed by atoms with van der Waals surface area (Å²) in [5.41, 5.74) is 5.44. The van der Waals surface area contributed by atoms with Crippen molar-refractivity contribution in [3.63, 3.8) is 0 Å². The normalized spacial score (nSPS) is 13.9. The van der Waals surface area contributed by atoms with Crippen LogP contribution in [0.3, 0.4) is 0 Å². The van der Waals surface area contributed by atoms with E-state index in [4.69, 9.17) is 10.5 Å². The van der Waals surface area contributed by atoms with Crippen molar-refractivity contribution in [3.05, 3.63) is 24.3 Å². The highest BCUT2D eigenvalue weighted by atomic mass is 16.5. The first kappa shape index (κ1) is 19.4. The van der Waals surface area contributed by atoms with Crippen LogP contribution in [0, 0.1) is 5.92 Å². The van der Waals surface area contributed by atoms with Crippen molar-refractivity contribution in [2.75, 3.05) is 19.8 Å². The molecule has 0 rings (SSSR count). The second kappa shape index (κ2) is 14.8. The van der Waals surface area contributed by atoms with E-state index >= 15 is 0 Å². The third kappa shape index (κ3) is 14.6. The Balaban J connectivity index is 3.62. The topological polar surface area (TPSA) is 76.7 Å². The molecule has 1 amide bonds. The van der Waals surface area contributed by atoms with Gasteiger partial charge in [0, 0.05) is 13.2 Å². The van der Waals surface area contributed by atoms with Gasteiger partial charge in [-0.1, -0.05) is 57.4 Å². The Morgan fingerprint density at radius 1 is 1.33 bits per heavy atom. The molecular weight excluding hydrogens is 266 g/mol. The Hall–Kier alpha value is -1.62. The van der Waals surface area contributed by atoms with E-state index in [0.29, 0.717) is 19.6 Å². The second-order valence-corrected chi connectivity index (χ2v) is 4.91. The van der Waals surface area contributed by atoms with E-state index in [9.17, 15) is 4.79 Å². The molecule has 0 aliphatic heterocycles. The smallest absolute Gasteiger partial charge is 0.213 e. The van der Waals surface area contributed by atoms with Crippen LogP contribution in [-0.4, -0.2) is 32.1 Å². The van der Waals surface area contributed by atoms with Crippen molar-refractivity contribution < 1.29 is 9.53 Å². The highest BCUT2D eigenvalue weighted by Gasteiger charge is 1.95. The first-order valence-electron chi connectivity index (χ1n) is 7.61. The first-order valence-corrected chi connectivity index (χ1v) is 7.61. The van der Waals surface area contributed by atoms with E-state index in [1.54, 1.807) is 0 Å². The zero-order valence-electron chi connectivity index (χ0n) is 13.3. The van der Waals surface area contributed by atoms with Gasteiger partial charge in [-0.25, -0.2) is 0 Å². The summed E-state index contributed by atoms with van der Waals surface area (Å²) in [6.45, 7) is 6.27. The first-order chi connectivity index (χ1) is 10.2. The Labute approximate surface area is 128 Å². The molecule has 0 heterocycles. The van der Waals surface area contributed by atoms with Gasteiger partial charge in [-0.3, -0.25) is 15.1 Å². The molecule has 0 radical (unpaired) electrons. The maximum Gasteiger partial charge on any atom is 0.213 e. The average molecular weight is 295 g/mol. The number of aliphatic imine (C=N–C) groups is 1. The molecule has 5 nitrogen and oxygen atoms in total. The van der Waals surface area contributed by atoms with Crippen LogP contribution in [0.5, 0.6) is 0 Å².